The second kappa shape index (κ2) is 4.65. The van der Waals surface area contributed by atoms with E-state index < -0.39 is 0 Å². The summed E-state index contributed by atoms with van der Waals surface area (Å²) in [5, 5.41) is 7.56. The van der Waals surface area contributed by atoms with Gasteiger partial charge in [0.15, 0.2) is 0 Å². The number of nitrogens with zero attached hydrogens (tertiary/aromatic N) is 3. The number of anilines is 1. The van der Waals surface area contributed by atoms with Gasteiger partial charge < -0.3 is 0 Å². The molecule has 1 fully saturated rings. The maximum atomic E-state index is 4.43. The topological polar surface area (TPSA) is 33.1 Å². The van der Waals surface area contributed by atoms with Crippen LogP contribution >= 0.6 is 0 Å². The van der Waals surface area contributed by atoms with Crippen LogP contribution in [0.1, 0.15) is 18.9 Å². The first-order valence-electron chi connectivity index (χ1n) is 6.48. The van der Waals surface area contributed by atoms with Gasteiger partial charge in [-0.2, -0.15) is 0 Å². The van der Waals surface area contributed by atoms with E-state index in [0.717, 1.165) is 11.5 Å². The molecule has 1 saturated heterocycles. The molecule has 2 aliphatic rings. The van der Waals surface area contributed by atoms with Crippen molar-refractivity contribution in [1.82, 2.24) is 14.7 Å². The molecular weight excluding hydrogens is 211 g/mol. The minimum atomic E-state index is 0.584. The van der Waals surface area contributed by atoms with Gasteiger partial charge in [-0.3, -0.25) is 0 Å². The zero-order valence-electron chi connectivity index (χ0n) is 10.3. The Morgan fingerprint density at radius 3 is 2.82 bits per heavy atom. The number of likely N-dealkylation sites (tertiary alicyclic amines) is 1. The molecule has 1 atom stereocenters. The Morgan fingerprint density at radius 1 is 1.47 bits per heavy atom. The van der Waals surface area contributed by atoms with Crippen molar-refractivity contribution in [1.29, 1.82) is 0 Å². The number of rotatable bonds is 4. The molecule has 17 heavy (non-hydrogen) atoms. The summed E-state index contributed by atoms with van der Waals surface area (Å²) in [6.45, 7) is 5.93. The number of aromatic nitrogens is 2. The van der Waals surface area contributed by atoms with Crippen molar-refractivity contribution < 1.29 is 0 Å². The summed E-state index contributed by atoms with van der Waals surface area (Å²) < 4.78 is 2.12. The van der Waals surface area contributed by atoms with Gasteiger partial charge in [0.25, 0.3) is 0 Å². The average molecular weight is 230 g/mol. The summed E-state index contributed by atoms with van der Waals surface area (Å²) in [4.78, 5) is 2.57. The van der Waals surface area contributed by atoms with E-state index in [9.17, 15) is 0 Å². The van der Waals surface area contributed by atoms with Gasteiger partial charge >= 0.3 is 102 Å². The Balaban J connectivity index is 1.53. The van der Waals surface area contributed by atoms with Crippen LogP contribution in [0.5, 0.6) is 0 Å². The van der Waals surface area contributed by atoms with Gasteiger partial charge in [-0.15, -0.1) is 0 Å². The Kier molecular flexibility index (Phi) is 3.01. The number of hydrogen-bond acceptors (Lipinski definition) is 3. The van der Waals surface area contributed by atoms with Crippen molar-refractivity contribution in [2.24, 2.45) is 0 Å². The molecule has 2 aliphatic heterocycles. The zero-order chi connectivity index (χ0) is 11.7. The van der Waals surface area contributed by atoms with Crippen LogP contribution in [-0.2, 0) is 0 Å². The second-order valence-electron chi connectivity index (χ2n) is 5.04. The fourth-order valence-corrected chi connectivity index (χ4v) is 2.53. The summed E-state index contributed by atoms with van der Waals surface area (Å²) >= 11 is 0. The van der Waals surface area contributed by atoms with Crippen molar-refractivity contribution in [2.45, 2.75) is 24.7 Å². The van der Waals surface area contributed by atoms with E-state index in [1.807, 2.05) is 13.2 Å². The summed E-state index contributed by atoms with van der Waals surface area (Å²) in [5.74, 6) is 3.06. The van der Waals surface area contributed by atoms with Gasteiger partial charge in [0.05, 0.1) is 0 Å². The van der Waals surface area contributed by atoms with Crippen LogP contribution in [-0.4, -0.2) is 54.2 Å². The summed E-state index contributed by atoms with van der Waals surface area (Å²) in [5.41, 5.74) is 1.11. The number of hydrogen-bond donors (Lipinski definition) is 1. The maximum absolute atomic E-state index is 4.43. The molecule has 0 radical (unpaired) electrons. The fourth-order valence-electron chi connectivity index (χ4n) is 2.53. The molecule has 0 bridgehead atoms. The molecule has 0 spiro atoms. The second-order valence-corrected chi connectivity index (χ2v) is 5.04. The quantitative estimate of drug-likeness (QED) is 0.779. The Morgan fingerprint density at radius 2 is 2.24 bits per heavy atom. The van der Waals surface area contributed by atoms with E-state index in [1.165, 1.54) is 32.5 Å². The van der Waals surface area contributed by atoms with Crippen LogP contribution in [0, 0.1) is 0 Å². The van der Waals surface area contributed by atoms with Gasteiger partial charge in [0.2, 0.25) is 0 Å². The first-order valence-corrected chi connectivity index (χ1v) is 6.48. The minimum absolute atomic E-state index is 0.584. The summed E-state index contributed by atoms with van der Waals surface area (Å²) in [6.07, 6.45) is 6.46. The molecule has 3 rings (SSSR count). The molecule has 0 aromatic carbocycles. The molecule has 1 unspecified atom stereocenters. The third-order valence-electron chi connectivity index (χ3n) is 3.76. The van der Waals surface area contributed by atoms with E-state index in [0.29, 0.717) is 6.04 Å². The van der Waals surface area contributed by atoms with E-state index in [1.54, 1.807) is 0 Å². The van der Waals surface area contributed by atoms with Crippen molar-refractivity contribution >= 4 is 18.6 Å². The predicted molar refractivity (Wildman–Crippen MR) is 72.1 cm³/mol. The van der Waals surface area contributed by atoms with Crippen LogP contribution in [0.4, 0.5) is 5.69 Å². The summed E-state index contributed by atoms with van der Waals surface area (Å²) in [7, 11) is 1.94. The van der Waals surface area contributed by atoms with E-state index in [-0.39, 0.29) is 0 Å². The van der Waals surface area contributed by atoms with Gasteiger partial charge in [-0.1, -0.05) is 0 Å². The fraction of sp³-hybridized carbons (Fsp3) is 0.667. The molecule has 1 aromatic rings. The molecule has 0 saturated carbocycles. The van der Waals surface area contributed by atoms with Crippen LogP contribution in [0.3, 0.4) is 0 Å². The SMILES string of the molecule is CNc1cnn(C2CCN(CC3B=C3)CC2)c1. The van der Waals surface area contributed by atoms with Crippen molar-refractivity contribution in [3.8, 4) is 0 Å². The standard InChI is InChI=1S/C12H19BN4/c1-14-11-7-15-17(9-11)12-2-4-16(5-3-12)8-10-6-13-10/h6-7,9-10,12,14H,2-5,8H2,1H3. The normalized spacial score (nSPS) is 24.6. The van der Waals surface area contributed by atoms with Crippen LogP contribution < -0.4 is 5.32 Å². The molecule has 1 N–H and O–H groups in total. The van der Waals surface area contributed by atoms with Crippen LogP contribution in [0.25, 0.3) is 0 Å². The monoisotopic (exact) mass is 230 g/mol. The molecular formula is C12H19BN4. The molecule has 90 valence electrons. The third-order valence-corrected chi connectivity index (χ3v) is 3.76. The number of nitrogens with one attached hydrogen (secondary N) is 1. The van der Waals surface area contributed by atoms with E-state index in [4.69, 9.17) is 0 Å². The van der Waals surface area contributed by atoms with Crippen LogP contribution in [0.15, 0.2) is 12.4 Å². The van der Waals surface area contributed by atoms with Crippen molar-refractivity contribution in [2.75, 3.05) is 32.0 Å². The Hall–Kier alpha value is -1.10. The van der Waals surface area contributed by atoms with Gasteiger partial charge in [0.1, 0.15) is 0 Å². The first kappa shape index (κ1) is 11.0. The molecule has 5 heteroatoms. The summed E-state index contributed by atoms with van der Waals surface area (Å²) in [6, 6.07) is 0.584. The molecule has 4 nitrogen and oxygen atoms in total. The van der Waals surface area contributed by atoms with Crippen molar-refractivity contribution in [3.05, 3.63) is 12.4 Å². The van der Waals surface area contributed by atoms with E-state index in [2.05, 4.69) is 39.1 Å². The number of piperidine rings is 1. The van der Waals surface area contributed by atoms with Gasteiger partial charge in [-0.05, 0) is 0 Å². The Bertz CT molecular complexity index is 400. The van der Waals surface area contributed by atoms with Gasteiger partial charge in [-0.25, -0.2) is 0 Å². The van der Waals surface area contributed by atoms with Crippen molar-refractivity contribution in [3.63, 3.8) is 0 Å². The van der Waals surface area contributed by atoms with E-state index >= 15 is 0 Å². The van der Waals surface area contributed by atoms with Gasteiger partial charge in [0, 0.05) is 0 Å². The Labute approximate surface area is 103 Å². The molecule has 0 amide bonds. The zero-order valence-corrected chi connectivity index (χ0v) is 10.3. The average Bonchev–Trinajstić information content (AvgIpc) is 3.05. The predicted octanol–water partition coefficient (Wildman–Crippen LogP) is 0.870. The third kappa shape index (κ3) is 2.60. The first-order chi connectivity index (χ1) is 8.35. The molecule has 3 heterocycles. The molecule has 1 aromatic heterocycles. The molecule has 0 aliphatic carbocycles. The van der Waals surface area contributed by atoms with Crippen LogP contribution in [0.2, 0.25) is 5.82 Å².